The first-order valence-corrected chi connectivity index (χ1v) is 9.97. The highest BCUT2D eigenvalue weighted by Gasteiger charge is 2.20. The lowest BCUT2D eigenvalue weighted by molar-refractivity contribution is 0.0938. The molecule has 29 heavy (non-hydrogen) atoms. The van der Waals surface area contributed by atoms with E-state index in [-0.39, 0.29) is 11.9 Å². The third kappa shape index (κ3) is 3.89. The second-order valence-electron chi connectivity index (χ2n) is 7.15. The lowest BCUT2D eigenvalue weighted by atomic mass is 10.1. The maximum Gasteiger partial charge on any atom is 0.253 e. The summed E-state index contributed by atoms with van der Waals surface area (Å²) in [6, 6.07) is 23.1. The van der Waals surface area contributed by atoms with Crippen molar-refractivity contribution in [3.05, 3.63) is 100 Å². The predicted molar refractivity (Wildman–Crippen MR) is 117 cm³/mol. The summed E-state index contributed by atoms with van der Waals surface area (Å²) >= 11 is 6.19. The molecule has 0 fully saturated rings. The molecule has 1 N–H and O–H groups in total. The fraction of sp³-hybridized carbons (Fsp3) is 0.167. The van der Waals surface area contributed by atoms with Gasteiger partial charge in [0.15, 0.2) is 0 Å². The molecule has 0 bridgehead atoms. The zero-order chi connectivity index (χ0) is 20.4. The highest BCUT2D eigenvalue weighted by molar-refractivity contribution is 6.33. The van der Waals surface area contributed by atoms with Crippen LogP contribution in [0.1, 0.15) is 40.3 Å². The number of nitrogens with zero attached hydrogens (tertiary/aromatic N) is 2. The summed E-state index contributed by atoms with van der Waals surface area (Å²) in [6.45, 7) is 4.75. The Balaban J connectivity index is 1.70. The van der Waals surface area contributed by atoms with Crippen LogP contribution >= 0.6 is 11.6 Å². The molecule has 4 rings (SSSR count). The average molecular weight is 404 g/mol. The first-order valence-electron chi connectivity index (χ1n) is 9.59. The molecule has 5 heteroatoms. The van der Waals surface area contributed by atoms with Gasteiger partial charge >= 0.3 is 0 Å². The lowest BCUT2D eigenvalue weighted by Crippen LogP contribution is -2.29. The molecule has 0 radical (unpaired) electrons. The number of imidazole rings is 1. The van der Waals surface area contributed by atoms with Gasteiger partial charge in [0, 0.05) is 6.54 Å². The first kappa shape index (κ1) is 19.2. The fourth-order valence-corrected chi connectivity index (χ4v) is 3.75. The minimum atomic E-state index is -0.282. The highest BCUT2D eigenvalue weighted by atomic mass is 35.5. The number of hydrogen-bond donors (Lipinski definition) is 1. The van der Waals surface area contributed by atoms with E-state index in [2.05, 4.69) is 35.0 Å². The number of fused-ring (bicyclic) bond motifs is 1. The minimum Gasteiger partial charge on any atom is -0.342 e. The molecular weight excluding hydrogens is 382 g/mol. The van der Waals surface area contributed by atoms with Crippen molar-refractivity contribution in [3.63, 3.8) is 0 Å². The molecule has 0 aliphatic carbocycles. The molecule has 3 aromatic carbocycles. The maximum atomic E-state index is 12.8. The van der Waals surface area contributed by atoms with E-state index in [0.29, 0.717) is 17.1 Å². The molecule has 1 atom stereocenters. The van der Waals surface area contributed by atoms with Crippen molar-refractivity contribution in [1.29, 1.82) is 0 Å². The summed E-state index contributed by atoms with van der Waals surface area (Å²) in [5.74, 6) is 0.604. The zero-order valence-electron chi connectivity index (χ0n) is 16.4. The number of carbonyl (C=O) groups is 1. The molecule has 0 saturated carbocycles. The van der Waals surface area contributed by atoms with Gasteiger partial charge in [-0.05, 0) is 49.2 Å². The molecule has 1 unspecified atom stereocenters. The number of halogens is 1. The monoisotopic (exact) mass is 403 g/mol. The van der Waals surface area contributed by atoms with Crippen molar-refractivity contribution in [1.82, 2.24) is 14.9 Å². The Labute approximate surface area is 175 Å². The van der Waals surface area contributed by atoms with Crippen LogP contribution in [0.2, 0.25) is 5.02 Å². The predicted octanol–water partition coefficient (Wildman–Crippen LogP) is 5.54. The second kappa shape index (κ2) is 8.10. The Morgan fingerprint density at radius 3 is 2.52 bits per heavy atom. The van der Waals surface area contributed by atoms with Crippen LogP contribution in [0.4, 0.5) is 0 Å². The number of benzene rings is 3. The number of carbonyl (C=O) groups excluding carboxylic acids is 1. The van der Waals surface area contributed by atoms with Crippen LogP contribution < -0.4 is 5.32 Å². The fourth-order valence-electron chi connectivity index (χ4n) is 3.53. The summed E-state index contributed by atoms with van der Waals surface area (Å²) in [4.78, 5) is 17.6. The van der Waals surface area contributed by atoms with E-state index in [1.54, 1.807) is 18.2 Å². The molecular formula is C24H22ClN3O. The van der Waals surface area contributed by atoms with Crippen LogP contribution in [0.25, 0.3) is 11.0 Å². The largest absolute Gasteiger partial charge is 0.342 e. The molecule has 0 saturated heterocycles. The molecule has 4 aromatic rings. The van der Waals surface area contributed by atoms with Crippen LogP contribution in [-0.2, 0) is 6.54 Å². The third-order valence-corrected chi connectivity index (χ3v) is 5.46. The molecule has 4 nitrogen and oxygen atoms in total. The van der Waals surface area contributed by atoms with Crippen LogP contribution in [0.3, 0.4) is 0 Å². The van der Waals surface area contributed by atoms with E-state index in [9.17, 15) is 4.79 Å². The second-order valence-corrected chi connectivity index (χ2v) is 7.55. The van der Waals surface area contributed by atoms with Gasteiger partial charge in [-0.3, -0.25) is 4.79 Å². The number of para-hydroxylation sites is 2. The summed E-state index contributed by atoms with van der Waals surface area (Å²) < 4.78 is 2.18. The number of nitrogens with one attached hydrogen (secondary N) is 1. The molecule has 146 valence electrons. The van der Waals surface area contributed by atoms with Gasteiger partial charge in [0.05, 0.1) is 27.7 Å². The van der Waals surface area contributed by atoms with Gasteiger partial charge in [-0.2, -0.15) is 0 Å². The Kier molecular flexibility index (Phi) is 5.36. The van der Waals surface area contributed by atoms with E-state index in [4.69, 9.17) is 16.6 Å². The molecule has 1 heterocycles. The normalized spacial score (nSPS) is 12.1. The third-order valence-electron chi connectivity index (χ3n) is 5.13. The number of rotatable bonds is 5. The van der Waals surface area contributed by atoms with Gasteiger partial charge < -0.3 is 9.88 Å². The Hall–Kier alpha value is -3.11. The number of hydrogen-bond acceptors (Lipinski definition) is 2. The Bertz CT molecular complexity index is 1180. The number of amides is 1. The molecule has 1 amide bonds. The first-order chi connectivity index (χ1) is 14.0. The molecule has 1 aromatic heterocycles. The van der Waals surface area contributed by atoms with Gasteiger partial charge in [0.2, 0.25) is 0 Å². The minimum absolute atomic E-state index is 0.211. The standard InChI is InChI=1S/C24H22ClN3O/c1-16-9-3-4-10-18(16)15-28-22-14-8-7-13-21(22)27-23(28)17(2)26-24(29)19-11-5-6-12-20(19)25/h3-14,17H,15H2,1-2H3,(H,26,29). The van der Waals surface area contributed by atoms with Crippen LogP contribution in [-0.4, -0.2) is 15.5 Å². The summed E-state index contributed by atoms with van der Waals surface area (Å²) in [7, 11) is 0. The highest BCUT2D eigenvalue weighted by Crippen LogP contribution is 2.24. The van der Waals surface area contributed by atoms with Crippen molar-refractivity contribution in [2.75, 3.05) is 0 Å². The zero-order valence-corrected chi connectivity index (χ0v) is 17.1. The van der Waals surface area contributed by atoms with E-state index in [1.807, 2.05) is 43.3 Å². The van der Waals surface area contributed by atoms with E-state index in [1.165, 1.54) is 11.1 Å². The van der Waals surface area contributed by atoms with E-state index >= 15 is 0 Å². The molecule has 0 aliphatic heterocycles. The summed E-state index contributed by atoms with van der Waals surface area (Å²) in [5.41, 5.74) is 4.87. The van der Waals surface area contributed by atoms with E-state index < -0.39 is 0 Å². The molecule has 0 aliphatic rings. The lowest BCUT2D eigenvalue weighted by Gasteiger charge is -2.17. The number of aryl methyl sites for hydroxylation is 1. The Morgan fingerprint density at radius 1 is 1.03 bits per heavy atom. The Morgan fingerprint density at radius 2 is 1.72 bits per heavy atom. The smallest absolute Gasteiger partial charge is 0.253 e. The summed E-state index contributed by atoms with van der Waals surface area (Å²) in [5, 5.41) is 3.48. The van der Waals surface area contributed by atoms with Crippen molar-refractivity contribution >= 4 is 28.5 Å². The number of aromatic nitrogens is 2. The maximum absolute atomic E-state index is 12.8. The van der Waals surface area contributed by atoms with E-state index in [0.717, 1.165) is 16.9 Å². The quantitative estimate of drug-likeness (QED) is 0.475. The van der Waals surface area contributed by atoms with Crippen LogP contribution in [0.15, 0.2) is 72.8 Å². The van der Waals surface area contributed by atoms with Gasteiger partial charge in [-0.25, -0.2) is 4.98 Å². The van der Waals surface area contributed by atoms with Crippen molar-refractivity contribution < 1.29 is 4.79 Å². The average Bonchev–Trinajstić information content (AvgIpc) is 3.08. The summed E-state index contributed by atoms with van der Waals surface area (Å²) in [6.07, 6.45) is 0. The van der Waals surface area contributed by atoms with Gasteiger partial charge in [0.1, 0.15) is 5.82 Å². The van der Waals surface area contributed by atoms with Gasteiger partial charge in [0.25, 0.3) is 5.91 Å². The van der Waals surface area contributed by atoms with Crippen molar-refractivity contribution in [2.24, 2.45) is 0 Å². The van der Waals surface area contributed by atoms with Crippen LogP contribution in [0.5, 0.6) is 0 Å². The van der Waals surface area contributed by atoms with Crippen molar-refractivity contribution in [3.8, 4) is 0 Å². The molecule has 0 spiro atoms. The van der Waals surface area contributed by atoms with Crippen molar-refractivity contribution in [2.45, 2.75) is 26.4 Å². The topological polar surface area (TPSA) is 46.9 Å². The van der Waals surface area contributed by atoms with Crippen LogP contribution in [0, 0.1) is 6.92 Å². The SMILES string of the molecule is Cc1ccccc1Cn1c(C(C)NC(=O)c2ccccc2Cl)nc2ccccc21. The van der Waals surface area contributed by atoms with Gasteiger partial charge in [-0.15, -0.1) is 0 Å². The van der Waals surface area contributed by atoms with Gasteiger partial charge in [-0.1, -0.05) is 60.1 Å².